The number of rotatable bonds is 5. The Hall–Kier alpha value is -1.92. The Morgan fingerprint density at radius 3 is 2.55 bits per heavy atom. The molecule has 0 N–H and O–H groups in total. The van der Waals surface area contributed by atoms with Crippen molar-refractivity contribution in [1.29, 1.82) is 0 Å². The van der Waals surface area contributed by atoms with Crippen molar-refractivity contribution in [3.63, 3.8) is 0 Å². The fourth-order valence-electron chi connectivity index (χ4n) is 2.67. The van der Waals surface area contributed by atoms with Gasteiger partial charge < -0.3 is 14.0 Å². The molecule has 1 aromatic heterocycles. The van der Waals surface area contributed by atoms with Gasteiger partial charge in [0.2, 0.25) is 0 Å². The Kier molecular flexibility index (Phi) is 4.70. The molecule has 0 unspecified atom stereocenters. The number of likely N-dealkylation sites (tertiary alicyclic amines) is 1. The standard InChI is InChI=1S/C16H21N3O3/c1-20-13-5-3-12(4-6-13)16-17-15(18-22-16)11-19-9-7-14(21-2)8-10-19/h3-6,14H,7-11H2,1-2H3. The first kappa shape index (κ1) is 15.0. The SMILES string of the molecule is COc1ccc(-c2nc(CN3CCC(OC)CC3)no2)cc1. The third-order valence-electron chi connectivity index (χ3n) is 4.04. The van der Waals surface area contributed by atoms with E-state index in [1.54, 1.807) is 14.2 Å². The van der Waals surface area contributed by atoms with Gasteiger partial charge in [0.05, 0.1) is 19.8 Å². The summed E-state index contributed by atoms with van der Waals surface area (Å²) < 4.78 is 15.9. The third kappa shape index (κ3) is 3.45. The quantitative estimate of drug-likeness (QED) is 0.845. The van der Waals surface area contributed by atoms with Crippen LogP contribution in [-0.4, -0.2) is 48.5 Å². The molecule has 6 heteroatoms. The van der Waals surface area contributed by atoms with Crippen LogP contribution in [0.1, 0.15) is 18.7 Å². The van der Waals surface area contributed by atoms with E-state index in [4.69, 9.17) is 14.0 Å². The van der Waals surface area contributed by atoms with Crippen LogP contribution in [-0.2, 0) is 11.3 Å². The Morgan fingerprint density at radius 1 is 1.18 bits per heavy atom. The molecule has 6 nitrogen and oxygen atoms in total. The first-order valence-corrected chi connectivity index (χ1v) is 7.50. The molecule has 0 bridgehead atoms. The van der Waals surface area contributed by atoms with Crippen molar-refractivity contribution in [3.05, 3.63) is 30.1 Å². The molecule has 1 fully saturated rings. The number of methoxy groups -OCH3 is 2. The molecule has 1 aromatic carbocycles. The highest BCUT2D eigenvalue weighted by molar-refractivity contribution is 5.54. The number of hydrogen-bond donors (Lipinski definition) is 0. The van der Waals surface area contributed by atoms with Crippen LogP contribution in [0, 0.1) is 0 Å². The molecule has 0 atom stereocenters. The van der Waals surface area contributed by atoms with Crippen LogP contribution in [0.15, 0.2) is 28.8 Å². The second-order valence-corrected chi connectivity index (χ2v) is 5.46. The van der Waals surface area contributed by atoms with Crippen LogP contribution in [0.4, 0.5) is 0 Å². The van der Waals surface area contributed by atoms with Gasteiger partial charge in [-0.15, -0.1) is 0 Å². The average Bonchev–Trinajstić information content (AvgIpc) is 3.04. The predicted molar refractivity (Wildman–Crippen MR) is 81.6 cm³/mol. The van der Waals surface area contributed by atoms with Gasteiger partial charge in [0.15, 0.2) is 5.82 Å². The molecular formula is C16H21N3O3. The summed E-state index contributed by atoms with van der Waals surface area (Å²) in [5.41, 5.74) is 0.901. The summed E-state index contributed by atoms with van der Waals surface area (Å²) in [6.45, 7) is 2.73. The topological polar surface area (TPSA) is 60.6 Å². The molecule has 22 heavy (non-hydrogen) atoms. The van der Waals surface area contributed by atoms with Crippen molar-refractivity contribution < 1.29 is 14.0 Å². The van der Waals surface area contributed by atoms with Crippen molar-refractivity contribution in [2.24, 2.45) is 0 Å². The van der Waals surface area contributed by atoms with Crippen molar-refractivity contribution in [2.45, 2.75) is 25.5 Å². The van der Waals surface area contributed by atoms with E-state index in [1.807, 2.05) is 24.3 Å². The molecule has 1 aliphatic rings. The number of hydrogen-bond acceptors (Lipinski definition) is 6. The zero-order valence-corrected chi connectivity index (χ0v) is 13.0. The summed E-state index contributed by atoms with van der Waals surface area (Å²) in [5, 5.41) is 4.08. The first-order valence-electron chi connectivity index (χ1n) is 7.50. The van der Waals surface area contributed by atoms with E-state index in [2.05, 4.69) is 15.0 Å². The van der Waals surface area contributed by atoms with Crippen LogP contribution in [0.5, 0.6) is 5.75 Å². The van der Waals surface area contributed by atoms with Crippen molar-refractivity contribution in [2.75, 3.05) is 27.3 Å². The maximum absolute atomic E-state index is 5.38. The zero-order valence-electron chi connectivity index (χ0n) is 13.0. The lowest BCUT2D eigenvalue weighted by Gasteiger charge is -2.30. The number of nitrogens with zero attached hydrogens (tertiary/aromatic N) is 3. The molecule has 1 aliphatic heterocycles. The monoisotopic (exact) mass is 303 g/mol. The number of aromatic nitrogens is 2. The number of benzene rings is 1. The van der Waals surface area contributed by atoms with Crippen LogP contribution >= 0.6 is 0 Å². The molecule has 2 aromatic rings. The summed E-state index contributed by atoms with van der Waals surface area (Å²) in [4.78, 5) is 6.81. The number of piperidine rings is 1. The van der Waals surface area contributed by atoms with E-state index in [0.717, 1.165) is 49.6 Å². The van der Waals surface area contributed by atoms with Gasteiger partial charge in [-0.1, -0.05) is 5.16 Å². The number of ether oxygens (including phenoxy) is 2. The molecule has 0 spiro atoms. The van der Waals surface area contributed by atoms with E-state index < -0.39 is 0 Å². The molecule has 3 rings (SSSR count). The van der Waals surface area contributed by atoms with Gasteiger partial charge >= 0.3 is 0 Å². The zero-order chi connectivity index (χ0) is 15.4. The summed E-state index contributed by atoms with van der Waals surface area (Å²) >= 11 is 0. The fraction of sp³-hybridized carbons (Fsp3) is 0.500. The molecule has 0 amide bonds. The largest absolute Gasteiger partial charge is 0.497 e. The van der Waals surface area contributed by atoms with Crippen molar-refractivity contribution in [3.8, 4) is 17.2 Å². The third-order valence-corrected chi connectivity index (χ3v) is 4.04. The maximum Gasteiger partial charge on any atom is 0.257 e. The highest BCUT2D eigenvalue weighted by Crippen LogP contribution is 2.21. The van der Waals surface area contributed by atoms with E-state index in [-0.39, 0.29) is 0 Å². The average molecular weight is 303 g/mol. The Bertz CT molecular complexity index is 589. The van der Waals surface area contributed by atoms with Crippen molar-refractivity contribution >= 4 is 0 Å². The van der Waals surface area contributed by atoms with Gasteiger partial charge in [0.25, 0.3) is 5.89 Å². The van der Waals surface area contributed by atoms with E-state index in [0.29, 0.717) is 12.0 Å². The summed E-state index contributed by atoms with van der Waals surface area (Å²) in [5.74, 6) is 2.08. The van der Waals surface area contributed by atoms with Crippen LogP contribution < -0.4 is 4.74 Å². The summed E-state index contributed by atoms with van der Waals surface area (Å²) in [6, 6.07) is 7.60. The van der Waals surface area contributed by atoms with E-state index in [1.165, 1.54) is 0 Å². The fourth-order valence-corrected chi connectivity index (χ4v) is 2.67. The second-order valence-electron chi connectivity index (χ2n) is 5.46. The van der Waals surface area contributed by atoms with Gasteiger partial charge in [0, 0.05) is 25.8 Å². The Morgan fingerprint density at radius 2 is 1.91 bits per heavy atom. The van der Waals surface area contributed by atoms with Gasteiger partial charge in [0.1, 0.15) is 5.75 Å². The minimum absolute atomic E-state index is 0.386. The first-order chi connectivity index (χ1) is 10.8. The van der Waals surface area contributed by atoms with Gasteiger partial charge in [-0.2, -0.15) is 4.98 Å². The molecule has 0 saturated carbocycles. The highest BCUT2D eigenvalue weighted by Gasteiger charge is 2.20. The Balaban J connectivity index is 1.61. The molecule has 1 saturated heterocycles. The van der Waals surface area contributed by atoms with Crippen LogP contribution in [0.25, 0.3) is 11.5 Å². The minimum Gasteiger partial charge on any atom is -0.497 e. The summed E-state index contributed by atoms with van der Waals surface area (Å²) in [7, 11) is 3.42. The van der Waals surface area contributed by atoms with Crippen molar-refractivity contribution in [1.82, 2.24) is 15.0 Å². The van der Waals surface area contributed by atoms with Gasteiger partial charge in [-0.05, 0) is 37.1 Å². The molecule has 118 valence electrons. The van der Waals surface area contributed by atoms with E-state index in [9.17, 15) is 0 Å². The lowest BCUT2D eigenvalue weighted by atomic mass is 10.1. The molecule has 2 heterocycles. The lowest BCUT2D eigenvalue weighted by molar-refractivity contribution is 0.0379. The van der Waals surface area contributed by atoms with Gasteiger partial charge in [-0.3, -0.25) is 4.90 Å². The van der Waals surface area contributed by atoms with Gasteiger partial charge in [-0.25, -0.2) is 0 Å². The summed E-state index contributed by atoms with van der Waals surface area (Å²) in [6.07, 6.45) is 2.50. The van der Waals surface area contributed by atoms with Crippen LogP contribution in [0.2, 0.25) is 0 Å². The highest BCUT2D eigenvalue weighted by atomic mass is 16.5. The normalized spacial score (nSPS) is 16.8. The molecule has 0 aliphatic carbocycles. The van der Waals surface area contributed by atoms with Crippen LogP contribution in [0.3, 0.4) is 0 Å². The second kappa shape index (κ2) is 6.89. The smallest absolute Gasteiger partial charge is 0.257 e. The van der Waals surface area contributed by atoms with E-state index >= 15 is 0 Å². The lowest BCUT2D eigenvalue weighted by Crippen LogP contribution is -2.36. The minimum atomic E-state index is 0.386. The molecule has 0 radical (unpaired) electrons. The predicted octanol–water partition coefficient (Wildman–Crippen LogP) is 2.36. The molecular weight excluding hydrogens is 282 g/mol. The maximum atomic E-state index is 5.38. The Labute approximate surface area is 130 Å².